The third-order valence-corrected chi connectivity index (χ3v) is 11.9. The molecule has 0 bridgehead atoms. The molecule has 0 heterocycles. The maximum atomic E-state index is 12.8. The minimum Gasteiger partial charge on any atom is -0.462 e. The van der Waals surface area contributed by atoms with Gasteiger partial charge in [-0.25, -0.2) is 0 Å². The first-order valence-corrected chi connectivity index (χ1v) is 27.2. The SMILES string of the molecule is CC/C=C\C/C=C\C/C=C\C/C=C\CCCOCC(COC(=O)CCCCCCCCCCCCCCCCCCC)OC(=O)CCCCCCCCCCCCCCCCC. The van der Waals surface area contributed by atoms with Crippen molar-refractivity contribution in [3.05, 3.63) is 48.6 Å². The van der Waals surface area contributed by atoms with E-state index >= 15 is 0 Å². The zero-order chi connectivity index (χ0) is 44.9. The van der Waals surface area contributed by atoms with Gasteiger partial charge in [0, 0.05) is 19.4 Å². The molecule has 0 aromatic carbocycles. The molecule has 0 aliphatic rings. The van der Waals surface area contributed by atoms with Crippen LogP contribution in [0, 0.1) is 0 Å². The van der Waals surface area contributed by atoms with E-state index in [9.17, 15) is 9.59 Å². The van der Waals surface area contributed by atoms with Gasteiger partial charge in [0.2, 0.25) is 0 Å². The highest BCUT2D eigenvalue weighted by Gasteiger charge is 2.17. The fraction of sp³-hybridized carbons (Fsp3) is 0.825. The van der Waals surface area contributed by atoms with Crippen LogP contribution in [0.25, 0.3) is 0 Å². The van der Waals surface area contributed by atoms with Crippen molar-refractivity contribution in [3.63, 3.8) is 0 Å². The van der Waals surface area contributed by atoms with Gasteiger partial charge in [-0.2, -0.15) is 0 Å². The van der Waals surface area contributed by atoms with E-state index in [-0.39, 0.29) is 25.2 Å². The lowest BCUT2D eigenvalue weighted by Gasteiger charge is -2.18. The van der Waals surface area contributed by atoms with Gasteiger partial charge in [0.05, 0.1) is 6.61 Å². The number of carbonyl (C=O) groups is 2. The Bertz CT molecular complexity index is 1030. The smallest absolute Gasteiger partial charge is 0.306 e. The summed E-state index contributed by atoms with van der Waals surface area (Å²) in [6.45, 7) is 7.63. The third kappa shape index (κ3) is 50.5. The van der Waals surface area contributed by atoms with Crippen LogP contribution in [0.15, 0.2) is 48.6 Å². The number of ether oxygens (including phenoxy) is 3. The predicted molar refractivity (Wildman–Crippen MR) is 270 cm³/mol. The second kappa shape index (κ2) is 53.2. The van der Waals surface area contributed by atoms with Gasteiger partial charge in [-0.15, -0.1) is 0 Å². The van der Waals surface area contributed by atoms with Crippen LogP contribution >= 0.6 is 0 Å². The van der Waals surface area contributed by atoms with Gasteiger partial charge in [0.15, 0.2) is 6.10 Å². The molecule has 0 aromatic heterocycles. The quantitative estimate of drug-likeness (QED) is 0.0346. The molecule has 1 atom stereocenters. The topological polar surface area (TPSA) is 61.8 Å². The van der Waals surface area contributed by atoms with E-state index in [4.69, 9.17) is 14.2 Å². The number of carbonyl (C=O) groups excluding carboxylic acids is 2. The molecule has 0 aromatic rings. The van der Waals surface area contributed by atoms with E-state index in [0.29, 0.717) is 19.4 Å². The van der Waals surface area contributed by atoms with Gasteiger partial charge >= 0.3 is 11.9 Å². The summed E-state index contributed by atoms with van der Waals surface area (Å²) in [5.41, 5.74) is 0. The molecule has 62 heavy (non-hydrogen) atoms. The molecule has 0 aliphatic carbocycles. The maximum absolute atomic E-state index is 12.8. The van der Waals surface area contributed by atoms with Crippen LogP contribution in [0.4, 0.5) is 0 Å². The summed E-state index contributed by atoms with van der Waals surface area (Å²) in [5.74, 6) is -0.411. The predicted octanol–water partition coefficient (Wildman–Crippen LogP) is 18.3. The van der Waals surface area contributed by atoms with Gasteiger partial charge in [-0.3, -0.25) is 9.59 Å². The third-order valence-electron chi connectivity index (χ3n) is 11.9. The van der Waals surface area contributed by atoms with Crippen molar-refractivity contribution in [2.24, 2.45) is 0 Å². The number of allylic oxidation sites excluding steroid dienone is 8. The Morgan fingerprint density at radius 2 is 0.710 bits per heavy atom. The zero-order valence-corrected chi connectivity index (χ0v) is 41.6. The Labute approximate surface area is 386 Å². The number of unbranched alkanes of at least 4 members (excludes halogenated alkanes) is 31. The number of rotatable bonds is 50. The molecular formula is C57H104O5. The second-order valence-electron chi connectivity index (χ2n) is 18.1. The van der Waals surface area contributed by atoms with Crippen LogP contribution in [-0.2, 0) is 23.8 Å². The molecule has 0 rings (SSSR count). The lowest BCUT2D eigenvalue weighted by Crippen LogP contribution is -2.30. The number of hydrogen-bond donors (Lipinski definition) is 0. The summed E-state index contributed by atoms with van der Waals surface area (Å²) < 4.78 is 17.4. The van der Waals surface area contributed by atoms with Crippen LogP contribution in [0.3, 0.4) is 0 Å². The van der Waals surface area contributed by atoms with Crippen molar-refractivity contribution < 1.29 is 23.8 Å². The van der Waals surface area contributed by atoms with Crippen molar-refractivity contribution in [2.45, 2.75) is 284 Å². The Morgan fingerprint density at radius 3 is 1.10 bits per heavy atom. The summed E-state index contributed by atoms with van der Waals surface area (Å²) >= 11 is 0. The molecule has 362 valence electrons. The summed E-state index contributed by atoms with van der Waals surface area (Å²) in [6.07, 6.45) is 65.6. The molecule has 0 N–H and O–H groups in total. The molecule has 0 fully saturated rings. The van der Waals surface area contributed by atoms with E-state index in [2.05, 4.69) is 69.4 Å². The first kappa shape index (κ1) is 59.9. The Kier molecular flexibility index (Phi) is 51.4. The van der Waals surface area contributed by atoms with Crippen molar-refractivity contribution in [3.8, 4) is 0 Å². The first-order valence-electron chi connectivity index (χ1n) is 27.2. The van der Waals surface area contributed by atoms with Crippen molar-refractivity contribution in [1.29, 1.82) is 0 Å². The van der Waals surface area contributed by atoms with Gasteiger partial charge in [0.25, 0.3) is 0 Å². The van der Waals surface area contributed by atoms with E-state index in [1.54, 1.807) is 0 Å². The van der Waals surface area contributed by atoms with E-state index in [1.807, 2.05) is 0 Å². The van der Waals surface area contributed by atoms with E-state index < -0.39 is 6.10 Å². The first-order chi connectivity index (χ1) is 30.6. The average Bonchev–Trinajstić information content (AvgIpc) is 3.27. The van der Waals surface area contributed by atoms with Gasteiger partial charge in [0.1, 0.15) is 6.61 Å². The van der Waals surface area contributed by atoms with Crippen LogP contribution in [0.2, 0.25) is 0 Å². The fourth-order valence-corrected chi connectivity index (χ4v) is 7.87. The molecule has 5 heteroatoms. The maximum Gasteiger partial charge on any atom is 0.306 e. The van der Waals surface area contributed by atoms with Crippen LogP contribution in [0.1, 0.15) is 278 Å². The zero-order valence-electron chi connectivity index (χ0n) is 41.6. The van der Waals surface area contributed by atoms with Gasteiger partial charge in [-0.1, -0.05) is 262 Å². The highest BCUT2D eigenvalue weighted by molar-refractivity contribution is 5.70. The molecule has 0 saturated heterocycles. The minimum absolute atomic E-state index is 0.0687. The van der Waals surface area contributed by atoms with Crippen molar-refractivity contribution in [1.82, 2.24) is 0 Å². The summed E-state index contributed by atoms with van der Waals surface area (Å²) in [4.78, 5) is 25.4. The number of hydrogen-bond acceptors (Lipinski definition) is 5. The van der Waals surface area contributed by atoms with E-state index in [0.717, 1.165) is 64.2 Å². The van der Waals surface area contributed by atoms with Gasteiger partial charge in [-0.05, 0) is 51.4 Å². The molecule has 5 nitrogen and oxygen atoms in total. The lowest BCUT2D eigenvalue weighted by atomic mass is 10.0. The Balaban J connectivity index is 4.28. The molecule has 0 spiro atoms. The standard InChI is InChI=1S/C57H104O5/c1-4-7-10-13-16-19-22-25-28-29-31-32-35-38-41-44-47-50-56(58)61-54-55(53-60-52-49-46-43-40-37-34-27-24-21-18-15-12-9-6-3)62-57(59)51-48-45-42-39-36-33-30-26-23-20-17-14-11-8-5-2/h9,12,18,21,27,34,40,43,55H,4-8,10-11,13-17,19-20,22-26,28-33,35-39,41-42,44-54H2,1-3H3/b12-9-,21-18-,34-27-,43-40-. The summed E-state index contributed by atoms with van der Waals surface area (Å²) in [7, 11) is 0. The van der Waals surface area contributed by atoms with E-state index in [1.165, 1.54) is 180 Å². The van der Waals surface area contributed by atoms with Crippen molar-refractivity contribution in [2.75, 3.05) is 19.8 Å². The summed E-state index contributed by atoms with van der Waals surface area (Å²) in [6, 6.07) is 0. The molecule has 0 radical (unpaired) electrons. The van der Waals surface area contributed by atoms with Gasteiger partial charge < -0.3 is 14.2 Å². The van der Waals surface area contributed by atoms with Crippen LogP contribution < -0.4 is 0 Å². The molecule has 1 unspecified atom stereocenters. The monoisotopic (exact) mass is 869 g/mol. The minimum atomic E-state index is -0.560. The highest BCUT2D eigenvalue weighted by Crippen LogP contribution is 2.16. The molecular weight excluding hydrogens is 765 g/mol. The molecule has 0 aliphatic heterocycles. The fourth-order valence-electron chi connectivity index (χ4n) is 7.87. The largest absolute Gasteiger partial charge is 0.462 e. The highest BCUT2D eigenvalue weighted by atomic mass is 16.6. The van der Waals surface area contributed by atoms with Crippen molar-refractivity contribution >= 4 is 11.9 Å². The molecule has 0 amide bonds. The normalized spacial score (nSPS) is 12.5. The average molecular weight is 869 g/mol. The van der Waals surface area contributed by atoms with Crippen LogP contribution in [0.5, 0.6) is 0 Å². The molecule has 0 saturated carbocycles. The van der Waals surface area contributed by atoms with Crippen LogP contribution in [-0.4, -0.2) is 37.9 Å². The second-order valence-corrected chi connectivity index (χ2v) is 18.1. The Hall–Kier alpha value is -2.14. The lowest BCUT2D eigenvalue weighted by molar-refractivity contribution is -0.163. The number of esters is 2. The summed E-state index contributed by atoms with van der Waals surface area (Å²) in [5, 5.41) is 0. The Morgan fingerprint density at radius 1 is 0.371 bits per heavy atom.